The molecule has 0 unspecified atom stereocenters. The second-order valence-corrected chi connectivity index (χ2v) is 17.6. The van der Waals surface area contributed by atoms with Gasteiger partial charge in [0.15, 0.2) is 0 Å². The van der Waals surface area contributed by atoms with Gasteiger partial charge in [-0.25, -0.2) is 16.8 Å². The SMILES string of the molecule is CCCN(CC[NH2+]CCN(CCC)S(=O)(=O)C(F)(F)C(F)(F)C(F)(F)C(F)(F)C(F)(F)C(F)(F)C(F)(F)C(F)(F)F)S(=O)(=O)C(F)(F)C(F)(F)C(F)(F)C(F)(F)C(F)(F)C(F)(F)C(F)(F)C(F)(F)F. The number of quaternary nitrogens is 1. The average molecular weight is 1150 g/mol. The lowest BCUT2D eigenvalue weighted by Gasteiger charge is -2.43. The maximum Gasteiger partial charge on any atom is 0.460 e. The first-order valence-electron chi connectivity index (χ1n) is 16.9. The van der Waals surface area contributed by atoms with Gasteiger partial charge in [0.05, 0.1) is 26.2 Å². The van der Waals surface area contributed by atoms with Gasteiger partial charge in [0.1, 0.15) is 0 Å². The van der Waals surface area contributed by atoms with Crippen LogP contribution >= 0.6 is 0 Å². The summed E-state index contributed by atoms with van der Waals surface area (Å²) in [7, 11) is -16.0. The Morgan fingerprint density at radius 2 is 0.464 bits per heavy atom. The van der Waals surface area contributed by atoms with E-state index in [0.717, 1.165) is 0 Å². The van der Waals surface area contributed by atoms with Crippen LogP contribution in [0, 0.1) is 0 Å². The zero-order valence-corrected chi connectivity index (χ0v) is 34.1. The Morgan fingerprint density at radius 3 is 0.638 bits per heavy atom. The largest absolute Gasteiger partial charge is 0.460 e. The highest BCUT2D eigenvalue weighted by Crippen LogP contribution is 2.66. The molecule has 43 heteroatoms. The maximum absolute atomic E-state index is 14.7. The van der Waals surface area contributed by atoms with E-state index < -0.39 is 175 Å². The van der Waals surface area contributed by atoms with Gasteiger partial charge in [-0.05, 0) is 12.8 Å². The summed E-state index contributed by atoms with van der Waals surface area (Å²) in [6, 6.07) is 0. The number of sulfonamides is 2. The van der Waals surface area contributed by atoms with Crippen molar-refractivity contribution in [2.45, 2.75) is 121 Å². The number of nitrogens with two attached hydrogens (primary N) is 1. The van der Waals surface area contributed by atoms with E-state index in [1.807, 2.05) is 0 Å². The highest BCUT2D eigenvalue weighted by Gasteiger charge is 2.98. The average Bonchev–Trinajstić information content (AvgIpc) is 3.14. The van der Waals surface area contributed by atoms with Gasteiger partial charge in [-0.3, -0.25) is 0 Å². The molecule has 0 rings (SSSR count). The van der Waals surface area contributed by atoms with Crippen molar-refractivity contribution < 1.29 is 171 Å². The first kappa shape index (κ1) is 66.4. The number of nitrogens with zero attached hydrogens (tertiary/aromatic N) is 2. The standard InChI is InChI=1S/C26H23F34N3O4S2/c1-3-7-62(68(64,65)25(57,58)21(47,48)17(39,40)13(31,32)11(27,28)15(35,36)19(43,44)23(51,52)53)9-5-61-6-10-63(8-4-2)69(66,67)26(59,60)22(49,50)18(41,42)14(33,34)12(29,30)16(37,38)20(45,46)24(54,55)56/h61H,3-10H2,1-2H3/p+1. The smallest absolute Gasteiger partial charge is 0.344 e. The lowest BCUT2D eigenvalue weighted by atomic mass is 9.91. The van der Waals surface area contributed by atoms with Crippen LogP contribution in [0.1, 0.15) is 26.7 Å². The van der Waals surface area contributed by atoms with Gasteiger partial charge in [0.2, 0.25) is 0 Å². The quantitative estimate of drug-likeness (QED) is 0.0691. The van der Waals surface area contributed by atoms with Crippen LogP contribution in [-0.2, 0) is 20.0 Å². The fourth-order valence-corrected chi connectivity index (χ4v) is 7.86. The summed E-state index contributed by atoms with van der Waals surface area (Å²) < 4.78 is 512. The van der Waals surface area contributed by atoms with Crippen molar-refractivity contribution in [2.24, 2.45) is 0 Å². The van der Waals surface area contributed by atoms with E-state index in [-0.39, 0.29) is 5.32 Å². The number of hydrogen-bond donors (Lipinski definition) is 1. The molecule has 0 heterocycles. The molecule has 0 aliphatic carbocycles. The van der Waals surface area contributed by atoms with Crippen molar-refractivity contribution in [1.82, 2.24) is 8.61 Å². The van der Waals surface area contributed by atoms with Gasteiger partial charge in [-0.15, -0.1) is 0 Å². The number of alkyl halides is 34. The molecule has 0 aliphatic rings. The molecule has 0 aromatic rings. The Kier molecular flexibility index (Phi) is 18.0. The van der Waals surface area contributed by atoms with Crippen LogP contribution in [-0.4, -0.2) is 159 Å². The first-order valence-corrected chi connectivity index (χ1v) is 19.7. The van der Waals surface area contributed by atoms with Crippen LogP contribution in [0.2, 0.25) is 0 Å². The van der Waals surface area contributed by atoms with Gasteiger partial charge in [-0.1, -0.05) is 13.8 Å². The molecule has 2 N–H and O–H groups in total. The molecule has 0 spiro atoms. The highest BCUT2D eigenvalue weighted by molar-refractivity contribution is 7.90. The fraction of sp³-hybridized carbons (Fsp3) is 1.00. The first-order chi connectivity index (χ1) is 29.6. The molecule has 0 aromatic heterocycles. The van der Waals surface area contributed by atoms with E-state index in [1.54, 1.807) is 0 Å². The zero-order valence-electron chi connectivity index (χ0n) is 32.4. The third-order valence-corrected chi connectivity index (χ3v) is 12.7. The molecule has 0 amide bonds. The van der Waals surface area contributed by atoms with Crippen LogP contribution in [0.3, 0.4) is 0 Å². The monoisotopic (exact) mass is 1150 g/mol. The minimum Gasteiger partial charge on any atom is -0.344 e. The van der Waals surface area contributed by atoms with Gasteiger partial charge in [0.25, 0.3) is 20.0 Å². The van der Waals surface area contributed by atoms with Crippen molar-refractivity contribution in [3.05, 3.63) is 0 Å². The predicted molar refractivity (Wildman–Crippen MR) is 155 cm³/mol. The van der Waals surface area contributed by atoms with Gasteiger partial charge in [-0.2, -0.15) is 158 Å². The van der Waals surface area contributed by atoms with Crippen LogP contribution in [0.5, 0.6) is 0 Å². The van der Waals surface area contributed by atoms with E-state index >= 15 is 0 Å². The van der Waals surface area contributed by atoms with Crippen molar-refractivity contribution in [3.63, 3.8) is 0 Å². The minimum atomic E-state index is -9.24. The molecule has 0 atom stereocenters. The summed E-state index contributed by atoms with van der Waals surface area (Å²) in [4.78, 5) is 0. The summed E-state index contributed by atoms with van der Waals surface area (Å²) in [6.45, 7) is -9.84. The Morgan fingerprint density at radius 1 is 0.290 bits per heavy atom. The summed E-state index contributed by atoms with van der Waals surface area (Å²) in [6.07, 6.45) is -18.4. The molecule has 0 fully saturated rings. The molecule has 0 radical (unpaired) electrons. The molecule has 416 valence electrons. The van der Waals surface area contributed by atoms with E-state index in [4.69, 9.17) is 0 Å². The molecule has 0 aliphatic heterocycles. The summed E-state index contributed by atoms with van der Waals surface area (Å²) >= 11 is 0. The molecular formula is C26H24F34N3O4S2+. The van der Waals surface area contributed by atoms with Crippen molar-refractivity contribution >= 4 is 20.0 Å². The lowest BCUT2D eigenvalue weighted by Crippen LogP contribution is -2.87. The van der Waals surface area contributed by atoms with Crippen LogP contribution in [0.25, 0.3) is 0 Å². The van der Waals surface area contributed by atoms with Crippen molar-refractivity contribution in [3.8, 4) is 0 Å². The highest BCUT2D eigenvalue weighted by atomic mass is 32.2. The topological polar surface area (TPSA) is 91.4 Å². The summed E-state index contributed by atoms with van der Waals surface area (Å²) in [5, 5.41) is -16.2. The molecular weight excluding hydrogens is 1130 g/mol. The summed E-state index contributed by atoms with van der Waals surface area (Å²) in [5.41, 5.74) is 0. The summed E-state index contributed by atoms with van der Waals surface area (Å²) in [5.74, 6) is -108. The zero-order chi connectivity index (χ0) is 56.5. The number of rotatable bonds is 26. The van der Waals surface area contributed by atoms with Crippen LogP contribution in [0.4, 0.5) is 149 Å². The predicted octanol–water partition coefficient (Wildman–Crippen LogP) is 9.57. The van der Waals surface area contributed by atoms with Gasteiger partial charge in [0, 0.05) is 13.1 Å². The van der Waals surface area contributed by atoms with Gasteiger partial charge < -0.3 is 5.32 Å². The Hall–Kier alpha value is -2.60. The third-order valence-electron chi connectivity index (χ3n) is 8.83. The molecule has 0 aromatic carbocycles. The van der Waals surface area contributed by atoms with Gasteiger partial charge >= 0.3 is 93.9 Å². The minimum absolute atomic E-state index is 0.0291. The second-order valence-electron chi connectivity index (χ2n) is 13.6. The van der Waals surface area contributed by atoms with Crippen LogP contribution in [0.15, 0.2) is 0 Å². The second kappa shape index (κ2) is 18.7. The maximum atomic E-state index is 14.7. The fourth-order valence-electron chi connectivity index (χ4n) is 4.77. The van der Waals surface area contributed by atoms with Crippen molar-refractivity contribution in [2.75, 3.05) is 39.3 Å². The normalized spacial score (nSPS) is 16.6. The molecule has 7 nitrogen and oxygen atoms in total. The molecule has 0 bridgehead atoms. The molecule has 0 saturated carbocycles. The number of hydrogen-bond acceptors (Lipinski definition) is 4. The molecule has 69 heavy (non-hydrogen) atoms. The Labute approximate surface area is 360 Å². The third kappa shape index (κ3) is 9.38. The van der Waals surface area contributed by atoms with E-state index in [2.05, 4.69) is 0 Å². The van der Waals surface area contributed by atoms with E-state index in [9.17, 15) is 166 Å². The lowest BCUT2D eigenvalue weighted by molar-refractivity contribution is -0.653. The van der Waals surface area contributed by atoms with Crippen LogP contribution < -0.4 is 5.32 Å². The Balaban J connectivity index is 6.90. The van der Waals surface area contributed by atoms with Crippen molar-refractivity contribution in [1.29, 1.82) is 0 Å². The number of halogens is 34. The van der Waals surface area contributed by atoms with E-state index in [1.165, 1.54) is 0 Å². The Bertz CT molecular complexity index is 1860. The molecule has 0 saturated heterocycles. The van der Waals surface area contributed by atoms with E-state index in [0.29, 0.717) is 13.8 Å².